The molecule has 1 heterocycles. The molecule has 35 heavy (non-hydrogen) atoms. The van der Waals surface area contributed by atoms with Crippen molar-refractivity contribution in [1.29, 1.82) is 0 Å². The van der Waals surface area contributed by atoms with Crippen LogP contribution in [0, 0.1) is 19.9 Å². The van der Waals surface area contributed by atoms with Crippen molar-refractivity contribution < 1.29 is 25.2 Å². The normalized spacial score (nSPS) is 10.5. The third-order valence-electron chi connectivity index (χ3n) is 5.44. The number of rotatable bonds is 3. The molecule has 4 nitrogen and oxygen atoms in total. The molecule has 0 aliphatic carbocycles. The summed E-state index contributed by atoms with van der Waals surface area (Å²) < 4.78 is 0. The number of hydrogen-bond acceptors (Lipinski definition) is 4. The zero-order chi connectivity index (χ0) is 23.9. The van der Waals surface area contributed by atoms with Crippen LogP contribution < -0.4 is 0 Å². The molecule has 0 saturated heterocycles. The standard InChI is InChI=1S/C22H17N2.C8H9NO.Ir/c1-15-14-23-22(16(2)24-15)19-12-10-18(11-13-19)21-9-5-7-17-6-3-4-8-20(17)21;1-9-6-7-4-2-3-5-8(7)10;/h3-12,14H,1-2H3;2-6,10H,1H3;/q-1;;. The SMILES string of the molecule is CN=Cc1ccccc1O.Cc1cnc(-c2[c-]cc(-c3cccc4ccccc34)cc2)c(C)n1.[Ir]. The molecule has 1 N–H and O–H groups in total. The van der Waals surface area contributed by atoms with Crippen molar-refractivity contribution in [2.45, 2.75) is 13.8 Å². The molecule has 5 rings (SSSR count). The summed E-state index contributed by atoms with van der Waals surface area (Å²) in [6.07, 6.45) is 3.42. The molecular weight excluding hydrogens is 611 g/mol. The van der Waals surface area contributed by atoms with Crippen LogP contribution in [0.5, 0.6) is 5.75 Å². The summed E-state index contributed by atoms with van der Waals surface area (Å²) in [6.45, 7) is 3.94. The molecule has 177 valence electrons. The van der Waals surface area contributed by atoms with Gasteiger partial charge >= 0.3 is 0 Å². The number of aliphatic imine (C=N–C) groups is 1. The zero-order valence-electron chi connectivity index (χ0n) is 19.9. The fourth-order valence-electron chi connectivity index (χ4n) is 3.81. The van der Waals surface area contributed by atoms with Crippen LogP contribution >= 0.6 is 0 Å². The van der Waals surface area contributed by atoms with E-state index in [1.165, 1.54) is 16.3 Å². The van der Waals surface area contributed by atoms with Crippen LogP contribution in [0.2, 0.25) is 0 Å². The average molecular weight is 637 g/mol. The number of nitrogens with zero attached hydrogens (tertiary/aromatic N) is 3. The second-order valence-corrected chi connectivity index (χ2v) is 7.91. The molecule has 5 heteroatoms. The topological polar surface area (TPSA) is 58.4 Å². The van der Waals surface area contributed by atoms with Gasteiger partial charge in [-0.3, -0.25) is 9.98 Å². The summed E-state index contributed by atoms with van der Waals surface area (Å²) in [4.78, 5) is 12.8. The molecule has 0 aliphatic rings. The van der Waals surface area contributed by atoms with E-state index in [0.717, 1.165) is 33.8 Å². The van der Waals surface area contributed by atoms with E-state index in [2.05, 4.69) is 75.6 Å². The van der Waals surface area contributed by atoms with Crippen molar-refractivity contribution in [2.24, 2.45) is 4.99 Å². The number of aryl methyl sites for hydroxylation is 2. The second kappa shape index (κ2) is 12.2. The molecule has 5 aromatic rings. The first kappa shape index (κ1) is 26.0. The Kier molecular flexibility index (Phi) is 9.02. The number of aromatic hydroxyl groups is 1. The summed E-state index contributed by atoms with van der Waals surface area (Å²) in [5.74, 6) is 0.271. The summed E-state index contributed by atoms with van der Waals surface area (Å²) in [6, 6.07) is 31.5. The van der Waals surface area contributed by atoms with Crippen LogP contribution in [0.4, 0.5) is 0 Å². The van der Waals surface area contributed by atoms with Gasteiger partial charge in [0.25, 0.3) is 0 Å². The molecule has 4 aromatic carbocycles. The van der Waals surface area contributed by atoms with Crippen LogP contribution in [-0.2, 0) is 20.1 Å². The Balaban J connectivity index is 0.000000264. The molecule has 0 atom stereocenters. The Morgan fingerprint density at radius 1 is 0.886 bits per heavy atom. The van der Waals surface area contributed by atoms with Gasteiger partial charge in [0.2, 0.25) is 0 Å². The van der Waals surface area contributed by atoms with Crippen LogP contribution in [-0.4, -0.2) is 28.3 Å². The van der Waals surface area contributed by atoms with Crippen molar-refractivity contribution in [2.75, 3.05) is 7.05 Å². The molecule has 0 saturated carbocycles. The van der Waals surface area contributed by atoms with Gasteiger partial charge in [0.15, 0.2) is 0 Å². The number of para-hydroxylation sites is 1. The molecule has 1 radical (unpaired) electrons. The zero-order valence-corrected chi connectivity index (χ0v) is 22.3. The molecule has 0 bridgehead atoms. The quantitative estimate of drug-likeness (QED) is 0.175. The second-order valence-electron chi connectivity index (χ2n) is 7.91. The van der Waals surface area contributed by atoms with Crippen molar-refractivity contribution in [1.82, 2.24) is 9.97 Å². The monoisotopic (exact) mass is 637 g/mol. The van der Waals surface area contributed by atoms with E-state index in [9.17, 15) is 0 Å². The Morgan fingerprint density at radius 3 is 2.34 bits per heavy atom. The molecule has 0 unspecified atom stereocenters. The van der Waals surface area contributed by atoms with Crippen LogP contribution in [0.3, 0.4) is 0 Å². The van der Waals surface area contributed by atoms with Gasteiger partial charge in [-0.05, 0) is 36.8 Å². The molecule has 0 fully saturated rings. The van der Waals surface area contributed by atoms with Crippen molar-refractivity contribution in [3.63, 3.8) is 0 Å². The number of benzene rings is 4. The van der Waals surface area contributed by atoms with Gasteiger partial charge in [-0.2, -0.15) is 0 Å². The summed E-state index contributed by atoms with van der Waals surface area (Å²) in [5, 5.41) is 11.7. The summed E-state index contributed by atoms with van der Waals surface area (Å²) in [5.41, 5.74) is 6.88. The molecule has 0 aliphatic heterocycles. The smallest absolute Gasteiger partial charge is 0.124 e. The fourth-order valence-corrected chi connectivity index (χ4v) is 3.81. The van der Waals surface area contributed by atoms with Gasteiger partial charge in [-0.1, -0.05) is 65.7 Å². The van der Waals surface area contributed by atoms with Crippen LogP contribution in [0.1, 0.15) is 17.0 Å². The van der Waals surface area contributed by atoms with E-state index in [0.29, 0.717) is 0 Å². The van der Waals surface area contributed by atoms with E-state index in [1.807, 2.05) is 32.0 Å². The van der Waals surface area contributed by atoms with Gasteiger partial charge in [-0.15, -0.1) is 29.8 Å². The van der Waals surface area contributed by atoms with Gasteiger partial charge in [-0.25, -0.2) is 0 Å². The maximum absolute atomic E-state index is 9.15. The predicted molar refractivity (Wildman–Crippen MR) is 140 cm³/mol. The van der Waals surface area contributed by atoms with E-state index >= 15 is 0 Å². The molecular formula is C30H26IrN3O-. The molecule has 1 aromatic heterocycles. The average Bonchev–Trinajstić information content (AvgIpc) is 2.86. The van der Waals surface area contributed by atoms with Gasteiger partial charge < -0.3 is 10.1 Å². The third-order valence-corrected chi connectivity index (χ3v) is 5.44. The number of aromatic nitrogens is 2. The third kappa shape index (κ3) is 6.27. The first-order chi connectivity index (χ1) is 16.6. The minimum atomic E-state index is 0. The van der Waals surface area contributed by atoms with Crippen molar-refractivity contribution in [3.8, 4) is 28.1 Å². The van der Waals surface area contributed by atoms with Gasteiger partial charge in [0.05, 0.1) is 5.69 Å². The number of hydrogen-bond donors (Lipinski definition) is 1. The predicted octanol–water partition coefficient (Wildman–Crippen LogP) is 6.82. The van der Waals surface area contributed by atoms with E-state index in [4.69, 9.17) is 5.11 Å². The maximum Gasteiger partial charge on any atom is 0.124 e. The van der Waals surface area contributed by atoms with Gasteiger partial charge in [0.1, 0.15) is 5.75 Å². The number of phenolic OH excluding ortho intramolecular Hbond substituents is 1. The molecule has 0 spiro atoms. The maximum atomic E-state index is 9.15. The van der Waals surface area contributed by atoms with E-state index in [1.54, 1.807) is 31.6 Å². The first-order valence-corrected chi connectivity index (χ1v) is 11.1. The Hall–Kier alpha value is -3.66. The summed E-state index contributed by atoms with van der Waals surface area (Å²) >= 11 is 0. The van der Waals surface area contributed by atoms with Gasteiger partial charge in [0, 0.05) is 56.5 Å². The van der Waals surface area contributed by atoms with Crippen molar-refractivity contribution in [3.05, 3.63) is 114 Å². The molecule has 0 amide bonds. The Morgan fingerprint density at radius 2 is 1.63 bits per heavy atom. The Labute approximate surface area is 219 Å². The minimum absolute atomic E-state index is 0. The largest absolute Gasteiger partial charge is 0.507 e. The minimum Gasteiger partial charge on any atom is -0.507 e. The van der Waals surface area contributed by atoms with Crippen molar-refractivity contribution >= 4 is 17.0 Å². The van der Waals surface area contributed by atoms with Crippen LogP contribution in [0.25, 0.3) is 33.2 Å². The fraction of sp³-hybridized carbons (Fsp3) is 0.100. The number of phenols is 1. The van der Waals surface area contributed by atoms with E-state index < -0.39 is 0 Å². The van der Waals surface area contributed by atoms with E-state index in [-0.39, 0.29) is 25.9 Å². The van der Waals surface area contributed by atoms with Crippen LogP contribution in [0.15, 0.2) is 96.1 Å². The summed E-state index contributed by atoms with van der Waals surface area (Å²) in [7, 11) is 1.67. The first-order valence-electron chi connectivity index (χ1n) is 11.1. The number of fused-ring (bicyclic) bond motifs is 1. The Bertz CT molecular complexity index is 1440.